The molecule has 0 atom stereocenters. The van der Waals surface area contributed by atoms with E-state index in [-0.39, 0.29) is 0 Å². The summed E-state index contributed by atoms with van der Waals surface area (Å²) in [6.45, 7) is 5.95. The molecule has 0 amide bonds. The van der Waals surface area contributed by atoms with Crippen molar-refractivity contribution in [3.05, 3.63) is 11.9 Å². The van der Waals surface area contributed by atoms with Gasteiger partial charge in [0.05, 0.1) is 0 Å². The topological polar surface area (TPSA) is 50.3 Å². The van der Waals surface area contributed by atoms with Gasteiger partial charge in [-0.3, -0.25) is 0 Å². The Hall–Kier alpha value is -1.36. The number of ether oxygens (including phenoxy) is 1. The lowest BCUT2D eigenvalue weighted by atomic mass is 10.2. The van der Waals surface area contributed by atoms with Crippen LogP contribution in [0, 0.1) is 5.92 Å². The van der Waals surface area contributed by atoms with Crippen LogP contribution in [-0.2, 0) is 11.3 Å². The molecule has 2 rings (SSSR count). The smallest absolute Gasteiger partial charge is 0.158 e. The molecule has 0 radical (unpaired) electrons. The van der Waals surface area contributed by atoms with E-state index in [1.807, 2.05) is 13.1 Å². The third-order valence-electron chi connectivity index (χ3n) is 3.36. The van der Waals surface area contributed by atoms with E-state index in [0.717, 1.165) is 29.9 Å². The van der Waals surface area contributed by atoms with Crippen molar-refractivity contribution in [2.24, 2.45) is 5.92 Å². The fourth-order valence-electron chi connectivity index (χ4n) is 2.10. The van der Waals surface area contributed by atoms with Gasteiger partial charge in [-0.05, 0) is 32.6 Å². The molecule has 5 nitrogen and oxygen atoms in total. The van der Waals surface area contributed by atoms with Crippen molar-refractivity contribution >= 4 is 11.6 Å². The molecule has 106 valence electrons. The van der Waals surface area contributed by atoms with Gasteiger partial charge in [0, 0.05) is 32.8 Å². The van der Waals surface area contributed by atoms with Gasteiger partial charge in [-0.1, -0.05) is 0 Å². The Morgan fingerprint density at radius 2 is 2.16 bits per heavy atom. The molecule has 0 aliphatic heterocycles. The van der Waals surface area contributed by atoms with Crippen LogP contribution in [0.4, 0.5) is 11.6 Å². The Bertz CT molecular complexity index is 418. The van der Waals surface area contributed by atoms with Crippen LogP contribution in [0.15, 0.2) is 6.07 Å². The molecule has 1 fully saturated rings. The molecule has 1 aliphatic rings. The SMILES string of the molecule is CNc1cc(N(CC2CC2)C(C)C)nc(COC)n1. The van der Waals surface area contributed by atoms with E-state index in [0.29, 0.717) is 12.6 Å². The standard InChI is InChI=1S/C14H24N4O/c1-10(2)18(8-11-5-6-11)14-7-12(15-3)16-13(17-14)9-19-4/h7,10-11H,5-6,8-9H2,1-4H3,(H,15,16,17). The summed E-state index contributed by atoms with van der Waals surface area (Å²) in [5.74, 6) is 3.40. The van der Waals surface area contributed by atoms with E-state index in [2.05, 4.69) is 34.0 Å². The summed E-state index contributed by atoms with van der Waals surface area (Å²) in [5, 5.41) is 3.10. The molecule has 1 heterocycles. The highest BCUT2D eigenvalue weighted by Crippen LogP contribution is 2.32. The molecule has 5 heteroatoms. The quantitative estimate of drug-likeness (QED) is 0.819. The van der Waals surface area contributed by atoms with E-state index in [1.54, 1.807) is 7.11 Å². The van der Waals surface area contributed by atoms with Gasteiger partial charge < -0.3 is 15.0 Å². The second-order valence-corrected chi connectivity index (χ2v) is 5.40. The van der Waals surface area contributed by atoms with Gasteiger partial charge in [0.15, 0.2) is 5.82 Å². The summed E-state index contributed by atoms with van der Waals surface area (Å²) in [7, 11) is 3.54. The van der Waals surface area contributed by atoms with Gasteiger partial charge in [0.25, 0.3) is 0 Å². The first-order chi connectivity index (χ1) is 9.13. The first kappa shape index (κ1) is 14.1. The van der Waals surface area contributed by atoms with Crippen molar-refractivity contribution in [3.63, 3.8) is 0 Å². The molecule has 1 aliphatic carbocycles. The minimum atomic E-state index is 0.440. The first-order valence-electron chi connectivity index (χ1n) is 6.95. The molecular weight excluding hydrogens is 240 g/mol. The maximum absolute atomic E-state index is 5.14. The van der Waals surface area contributed by atoms with Crippen molar-refractivity contribution in [1.29, 1.82) is 0 Å². The molecule has 0 aromatic carbocycles. The molecule has 1 aromatic heterocycles. The summed E-state index contributed by atoms with van der Waals surface area (Å²) in [5.41, 5.74) is 0. The summed E-state index contributed by atoms with van der Waals surface area (Å²) < 4.78 is 5.14. The monoisotopic (exact) mass is 264 g/mol. The summed E-state index contributed by atoms with van der Waals surface area (Å²) in [6.07, 6.45) is 2.69. The number of aromatic nitrogens is 2. The zero-order valence-electron chi connectivity index (χ0n) is 12.3. The van der Waals surface area contributed by atoms with Crippen LogP contribution in [0.25, 0.3) is 0 Å². The fraction of sp³-hybridized carbons (Fsp3) is 0.714. The van der Waals surface area contributed by atoms with Crippen molar-refractivity contribution < 1.29 is 4.74 Å². The predicted molar refractivity (Wildman–Crippen MR) is 77.5 cm³/mol. The number of nitrogens with one attached hydrogen (secondary N) is 1. The third-order valence-corrected chi connectivity index (χ3v) is 3.36. The zero-order chi connectivity index (χ0) is 13.8. The highest BCUT2D eigenvalue weighted by molar-refractivity contribution is 5.49. The zero-order valence-corrected chi connectivity index (χ0v) is 12.3. The van der Waals surface area contributed by atoms with Crippen LogP contribution in [0.1, 0.15) is 32.5 Å². The van der Waals surface area contributed by atoms with Crippen LogP contribution in [-0.4, -0.2) is 36.7 Å². The normalized spacial score (nSPS) is 14.8. The largest absolute Gasteiger partial charge is 0.377 e. The molecule has 1 saturated carbocycles. The van der Waals surface area contributed by atoms with Gasteiger partial charge in [0.2, 0.25) is 0 Å². The average Bonchev–Trinajstić information content (AvgIpc) is 3.19. The minimum absolute atomic E-state index is 0.440. The lowest BCUT2D eigenvalue weighted by molar-refractivity contribution is 0.178. The van der Waals surface area contributed by atoms with Crippen LogP contribution < -0.4 is 10.2 Å². The summed E-state index contributed by atoms with van der Waals surface area (Å²) in [4.78, 5) is 11.4. The van der Waals surface area contributed by atoms with Gasteiger partial charge >= 0.3 is 0 Å². The Morgan fingerprint density at radius 3 is 2.68 bits per heavy atom. The summed E-state index contributed by atoms with van der Waals surface area (Å²) >= 11 is 0. The van der Waals surface area contributed by atoms with Gasteiger partial charge in [-0.15, -0.1) is 0 Å². The Labute approximate surface area is 115 Å². The second kappa shape index (κ2) is 6.19. The highest BCUT2D eigenvalue weighted by Gasteiger charge is 2.26. The van der Waals surface area contributed by atoms with Crippen molar-refractivity contribution in [2.75, 3.05) is 30.9 Å². The Balaban J connectivity index is 2.25. The Kier molecular flexibility index (Phi) is 4.58. The third kappa shape index (κ3) is 3.80. The molecule has 0 bridgehead atoms. The van der Waals surface area contributed by atoms with Crippen LogP contribution >= 0.6 is 0 Å². The van der Waals surface area contributed by atoms with Crippen LogP contribution in [0.5, 0.6) is 0 Å². The average molecular weight is 264 g/mol. The van der Waals surface area contributed by atoms with Crippen molar-refractivity contribution in [3.8, 4) is 0 Å². The van der Waals surface area contributed by atoms with E-state index >= 15 is 0 Å². The first-order valence-corrected chi connectivity index (χ1v) is 6.95. The number of hydrogen-bond acceptors (Lipinski definition) is 5. The number of hydrogen-bond donors (Lipinski definition) is 1. The lowest BCUT2D eigenvalue weighted by Crippen LogP contribution is -2.33. The molecule has 19 heavy (non-hydrogen) atoms. The highest BCUT2D eigenvalue weighted by atomic mass is 16.5. The fourth-order valence-corrected chi connectivity index (χ4v) is 2.10. The molecule has 0 unspecified atom stereocenters. The Morgan fingerprint density at radius 1 is 1.42 bits per heavy atom. The van der Waals surface area contributed by atoms with E-state index in [9.17, 15) is 0 Å². The van der Waals surface area contributed by atoms with Gasteiger partial charge in [-0.2, -0.15) is 0 Å². The number of methoxy groups -OCH3 is 1. The number of anilines is 2. The molecule has 1 N–H and O–H groups in total. The van der Waals surface area contributed by atoms with Crippen LogP contribution in [0.2, 0.25) is 0 Å². The number of nitrogens with zero attached hydrogens (tertiary/aromatic N) is 3. The maximum atomic E-state index is 5.14. The lowest BCUT2D eigenvalue weighted by Gasteiger charge is -2.28. The number of rotatable bonds is 7. The van der Waals surface area contributed by atoms with E-state index in [4.69, 9.17) is 4.74 Å². The minimum Gasteiger partial charge on any atom is -0.377 e. The van der Waals surface area contributed by atoms with E-state index in [1.165, 1.54) is 12.8 Å². The van der Waals surface area contributed by atoms with Gasteiger partial charge in [-0.25, -0.2) is 9.97 Å². The molecule has 0 spiro atoms. The second-order valence-electron chi connectivity index (χ2n) is 5.40. The van der Waals surface area contributed by atoms with Crippen molar-refractivity contribution in [1.82, 2.24) is 9.97 Å². The molecule has 0 saturated heterocycles. The van der Waals surface area contributed by atoms with Crippen molar-refractivity contribution in [2.45, 2.75) is 39.3 Å². The predicted octanol–water partition coefficient (Wildman–Crippen LogP) is 2.29. The molecular formula is C14H24N4O. The molecule has 1 aromatic rings. The van der Waals surface area contributed by atoms with Crippen LogP contribution in [0.3, 0.4) is 0 Å². The van der Waals surface area contributed by atoms with E-state index < -0.39 is 0 Å². The van der Waals surface area contributed by atoms with Gasteiger partial charge in [0.1, 0.15) is 18.2 Å². The maximum Gasteiger partial charge on any atom is 0.158 e. The summed E-state index contributed by atoms with van der Waals surface area (Å²) in [6, 6.07) is 2.46.